The predicted molar refractivity (Wildman–Crippen MR) is 133 cm³/mol. The van der Waals surface area contributed by atoms with Gasteiger partial charge in [0.05, 0.1) is 11.9 Å². The van der Waals surface area contributed by atoms with Crippen LogP contribution in [-0.4, -0.2) is 21.6 Å². The number of carbonyl (C=O) groups is 2. The zero-order valence-corrected chi connectivity index (χ0v) is 19.0. The molecule has 2 N–H and O–H groups in total. The quantitative estimate of drug-likeness (QED) is 0.419. The highest BCUT2D eigenvalue weighted by atomic mass is 16.2. The van der Waals surface area contributed by atoms with E-state index in [4.69, 9.17) is 0 Å². The minimum Gasteiger partial charge on any atom is -0.347 e. The Balaban J connectivity index is 1.53. The van der Waals surface area contributed by atoms with Gasteiger partial charge >= 0.3 is 0 Å². The van der Waals surface area contributed by atoms with E-state index in [1.54, 1.807) is 24.3 Å². The Labute approximate surface area is 197 Å². The molecule has 172 valence electrons. The number of carbonyl (C=O) groups excluding carboxylic acids is 2. The summed E-state index contributed by atoms with van der Waals surface area (Å²) in [4.78, 5) is 37.8. The van der Waals surface area contributed by atoms with Gasteiger partial charge in [0, 0.05) is 24.0 Å². The Morgan fingerprint density at radius 3 is 2.24 bits per heavy atom. The third-order valence-corrected chi connectivity index (χ3v) is 5.43. The Morgan fingerprint density at radius 2 is 1.53 bits per heavy atom. The smallest absolute Gasteiger partial charge is 0.274 e. The van der Waals surface area contributed by atoms with Crippen LogP contribution in [0.4, 0.5) is 5.69 Å². The van der Waals surface area contributed by atoms with Gasteiger partial charge in [-0.2, -0.15) is 5.10 Å². The lowest BCUT2D eigenvalue weighted by Crippen LogP contribution is -2.30. The van der Waals surface area contributed by atoms with Gasteiger partial charge in [-0.1, -0.05) is 67.6 Å². The van der Waals surface area contributed by atoms with Crippen LogP contribution in [0.1, 0.15) is 41.4 Å². The molecule has 4 rings (SSSR count). The van der Waals surface area contributed by atoms with Crippen molar-refractivity contribution < 1.29 is 9.59 Å². The van der Waals surface area contributed by atoms with Crippen molar-refractivity contribution in [1.29, 1.82) is 0 Å². The maximum Gasteiger partial charge on any atom is 0.274 e. The highest BCUT2D eigenvalue weighted by Crippen LogP contribution is 2.15. The molecule has 0 fully saturated rings. The fourth-order valence-corrected chi connectivity index (χ4v) is 3.69. The van der Waals surface area contributed by atoms with Crippen molar-refractivity contribution >= 4 is 28.3 Å². The third-order valence-electron chi connectivity index (χ3n) is 5.43. The molecule has 0 radical (unpaired) electrons. The summed E-state index contributed by atoms with van der Waals surface area (Å²) in [7, 11) is 0. The van der Waals surface area contributed by atoms with Gasteiger partial charge in [-0.3, -0.25) is 14.4 Å². The molecule has 0 aliphatic heterocycles. The van der Waals surface area contributed by atoms with Crippen LogP contribution in [0.5, 0.6) is 0 Å². The first-order chi connectivity index (χ1) is 16.5. The van der Waals surface area contributed by atoms with Gasteiger partial charge in [0.1, 0.15) is 0 Å². The second kappa shape index (κ2) is 10.6. The number of hydrogen-bond acceptors (Lipinski definition) is 4. The molecule has 0 saturated carbocycles. The van der Waals surface area contributed by atoms with Gasteiger partial charge in [-0.15, -0.1) is 0 Å². The highest BCUT2D eigenvalue weighted by Gasteiger charge is 2.16. The molecular weight excluding hydrogens is 428 g/mol. The van der Waals surface area contributed by atoms with Crippen molar-refractivity contribution in [2.45, 2.75) is 32.9 Å². The van der Waals surface area contributed by atoms with E-state index in [9.17, 15) is 14.4 Å². The van der Waals surface area contributed by atoms with Crippen LogP contribution in [-0.2, 0) is 17.9 Å². The van der Waals surface area contributed by atoms with Crippen molar-refractivity contribution in [1.82, 2.24) is 15.1 Å². The van der Waals surface area contributed by atoms with Gasteiger partial charge in [0.2, 0.25) is 5.91 Å². The fraction of sp³-hybridized carbons (Fsp3) is 0.185. The van der Waals surface area contributed by atoms with Crippen LogP contribution in [0.25, 0.3) is 10.8 Å². The summed E-state index contributed by atoms with van der Waals surface area (Å²) in [5.74, 6) is -0.384. The summed E-state index contributed by atoms with van der Waals surface area (Å²) in [5.41, 5.74) is 2.48. The normalized spacial score (nSPS) is 10.7. The Hall–Kier alpha value is -4.26. The van der Waals surface area contributed by atoms with Crippen LogP contribution < -0.4 is 16.2 Å². The summed E-state index contributed by atoms with van der Waals surface area (Å²) >= 11 is 0. The topological polar surface area (TPSA) is 93.1 Å². The molecule has 34 heavy (non-hydrogen) atoms. The minimum absolute atomic E-state index is 0.0212. The van der Waals surface area contributed by atoms with Gasteiger partial charge in [-0.25, -0.2) is 4.68 Å². The van der Waals surface area contributed by atoms with E-state index in [-0.39, 0.29) is 36.2 Å². The summed E-state index contributed by atoms with van der Waals surface area (Å²) in [5, 5.41) is 11.1. The molecule has 0 atom stereocenters. The highest BCUT2D eigenvalue weighted by molar-refractivity contribution is 6.04. The largest absolute Gasteiger partial charge is 0.347 e. The van der Waals surface area contributed by atoms with E-state index in [0.29, 0.717) is 22.9 Å². The second-order valence-corrected chi connectivity index (χ2v) is 8.02. The molecule has 3 aromatic carbocycles. The van der Waals surface area contributed by atoms with Crippen molar-refractivity contribution in [3.8, 4) is 0 Å². The number of anilines is 1. The van der Waals surface area contributed by atoms with Gasteiger partial charge in [0.25, 0.3) is 11.5 Å². The molecule has 4 aromatic rings. The molecule has 0 spiro atoms. The summed E-state index contributed by atoms with van der Waals surface area (Å²) in [6.07, 6.45) is 1.27. The standard InChI is InChI=1S/C27H26N4O3/c1-2-8-24(32)29-21-15-13-19(14-16-21)17-28-26(33)25-22-11-6-7-12-23(22)27(34)31(30-25)18-20-9-4-3-5-10-20/h3-7,9-16H,2,8,17-18H2,1H3,(H,28,33)(H,29,32). The number of amides is 2. The van der Waals surface area contributed by atoms with Crippen molar-refractivity contribution in [3.63, 3.8) is 0 Å². The lowest BCUT2D eigenvalue weighted by atomic mass is 10.1. The molecule has 0 saturated heterocycles. The average molecular weight is 455 g/mol. The maximum absolute atomic E-state index is 13.1. The lowest BCUT2D eigenvalue weighted by molar-refractivity contribution is -0.116. The molecule has 1 aromatic heterocycles. The molecule has 0 aliphatic rings. The zero-order valence-electron chi connectivity index (χ0n) is 19.0. The third kappa shape index (κ3) is 5.38. The van der Waals surface area contributed by atoms with E-state index < -0.39 is 0 Å². The Morgan fingerprint density at radius 1 is 0.853 bits per heavy atom. The Bertz CT molecular complexity index is 1360. The first kappa shape index (κ1) is 22.9. The maximum atomic E-state index is 13.1. The van der Waals surface area contributed by atoms with Crippen molar-refractivity contribution in [2.24, 2.45) is 0 Å². The Kier molecular flexibility index (Phi) is 7.13. The van der Waals surface area contributed by atoms with Crippen LogP contribution in [0.2, 0.25) is 0 Å². The SMILES string of the molecule is CCCC(=O)Nc1ccc(CNC(=O)c2nn(Cc3ccccc3)c(=O)c3ccccc23)cc1. The van der Waals surface area contributed by atoms with Crippen LogP contribution >= 0.6 is 0 Å². The average Bonchev–Trinajstić information content (AvgIpc) is 2.86. The second-order valence-electron chi connectivity index (χ2n) is 8.02. The fourth-order valence-electron chi connectivity index (χ4n) is 3.69. The molecule has 1 heterocycles. The number of benzene rings is 3. The number of hydrogen-bond donors (Lipinski definition) is 2. The first-order valence-corrected chi connectivity index (χ1v) is 11.3. The number of rotatable bonds is 8. The van der Waals surface area contributed by atoms with Crippen molar-refractivity contribution in [2.75, 3.05) is 5.32 Å². The van der Waals surface area contributed by atoms with Crippen LogP contribution in [0.15, 0.2) is 83.7 Å². The van der Waals surface area contributed by atoms with E-state index in [0.717, 1.165) is 17.5 Å². The van der Waals surface area contributed by atoms with Gasteiger partial charge in [-0.05, 0) is 35.7 Å². The molecular formula is C27H26N4O3. The molecule has 7 nitrogen and oxygen atoms in total. The number of nitrogens with one attached hydrogen (secondary N) is 2. The van der Waals surface area contributed by atoms with Crippen LogP contribution in [0.3, 0.4) is 0 Å². The first-order valence-electron chi connectivity index (χ1n) is 11.3. The van der Waals surface area contributed by atoms with E-state index in [1.165, 1.54) is 4.68 Å². The number of nitrogens with zero attached hydrogens (tertiary/aromatic N) is 2. The van der Waals surface area contributed by atoms with Crippen LogP contribution in [0, 0.1) is 0 Å². The van der Waals surface area contributed by atoms with E-state index >= 15 is 0 Å². The molecule has 0 unspecified atom stereocenters. The monoisotopic (exact) mass is 454 g/mol. The van der Waals surface area contributed by atoms with Gasteiger partial charge in [0.15, 0.2) is 5.69 Å². The molecule has 0 aliphatic carbocycles. The van der Waals surface area contributed by atoms with E-state index in [2.05, 4.69) is 15.7 Å². The molecule has 7 heteroatoms. The lowest BCUT2D eigenvalue weighted by Gasteiger charge is -2.12. The van der Waals surface area contributed by atoms with E-state index in [1.807, 2.05) is 61.5 Å². The zero-order chi connectivity index (χ0) is 23.9. The number of fused-ring (bicyclic) bond motifs is 1. The summed E-state index contributed by atoms with van der Waals surface area (Å²) in [6, 6.07) is 23.9. The summed E-state index contributed by atoms with van der Waals surface area (Å²) < 4.78 is 1.33. The molecule has 0 bridgehead atoms. The number of aromatic nitrogens is 2. The minimum atomic E-state index is -0.363. The molecule has 2 amide bonds. The van der Waals surface area contributed by atoms with Gasteiger partial charge < -0.3 is 10.6 Å². The predicted octanol–water partition coefficient (Wildman–Crippen LogP) is 4.11. The summed E-state index contributed by atoms with van der Waals surface area (Å²) in [6.45, 7) is 2.52. The van der Waals surface area contributed by atoms with Crippen molar-refractivity contribution in [3.05, 3.63) is 106 Å².